The van der Waals surface area contributed by atoms with Crippen molar-refractivity contribution in [3.63, 3.8) is 0 Å². The van der Waals surface area contributed by atoms with E-state index in [2.05, 4.69) is 10.9 Å². The van der Waals surface area contributed by atoms with Gasteiger partial charge >= 0.3 is 0 Å². The number of carbonyl (C=O) groups excluding carboxylic acids is 2. The third-order valence-electron chi connectivity index (χ3n) is 2.11. The minimum atomic E-state index is -0.403. The fourth-order valence-electron chi connectivity index (χ4n) is 1.29. The van der Waals surface area contributed by atoms with Crippen LogP contribution >= 0.6 is 46.3 Å². The lowest BCUT2D eigenvalue weighted by Gasteiger charge is -2.06. The molecule has 0 radical (unpaired) electrons. The summed E-state index contributed by atoms with van der Waals surface area (Å²) in [5, 5.41) is 0.533. The van der Waals surface area contributed by atoms with Crippen LogP contribution in [-0.4, -0.2) is 17.6 Å². The zero-order chi connectivity index (χ0) is 13.1. The lowest BCUT2D eigenvalue weighted by molar-refractivity contribution is -0.117. The van der Waals surface area contributed by atoms with E-state index in [1.165, 1.54) is 11.8 Å². The molecule has 1 aromatic heterocycles. The van der Waals surface area contributed by atoms with Gasteiger partial charge in [-0.25, -0.2) is 0 Å². The van der Waals surface area contributed by atoms with Gasteiger partial charge in [0.1, 0.15) is 0 Å². The van der Waals surface area contributed by atoms with Crippen molar-refractivity contribution in [3.05, 3.63) is 31.3 Å². The van der Waals surface area contributed by atoms with Gasteiger partial charge in [-0.15, -0.1) is 23.1 Å². The van der Waals surface area contributed by atoms with E-state index in [1.54, 1.807) is 12.1 Å². The number of nitrogens with one attached hydrogen (secondary N) is 2. The van der Waals surface area contributed by atoms with Crippen LogP contribution in [0.3, 0.4) is 0 Å². The summed E-state index contributed by atoms with van der Waals surface area (Å²) in [4.78, 5) is 24.2. The first-order valence-electron chi connectivity index (χ1n) is 4.95. The number of amides is 2. The third kappa shape index (κ3) is 3.20. The van der Waals surface area contributed by atoms with Crippen molar-refractivity contribution < 1.29 is 9.59 Å². The molecule has 0 bridgehead atoms. The van der Waals surface area contributed by atoms with E-state index in [1.807, 2.05) is 0 Å². The lowest BCUT2D eigenvalue weighted by atomic mass is 10.4. The first kappa shape index (κ1) is 13.7. The van der Waals surface area contributed by atoms with Crippen LogP contribution in [0.2, 0.25) is 4.34 Å². The van der Waals surface area contributed by atoms with Crippen molar-refractivity contribution in [1.82, 2.24) is 10.9 Å². The Morgan fingerprint density at radius 2 is 1.89 bits per heavy atom. The second-order valence-electron chi connectivity index (χ2n) is 3.34. The highest BCUT2D eigenvalue weighted by Gasteiger charge is 2.21. The van der Waals surface area contributed by atoms with E-state index in [9.17, 15) is 9.59 Å². The molecule has 2 N–H and O–H groups in total. The van der Waals surface area contributed by atoms with Gasteiger partial charge in [-0.1, -0.05) is 23.2 Å². The van der Waals surface area contributed by atoms with Gasteiger partial charge in [-0.3, -0.25) is 20.4 Å². The third-order valence-corrected chi connectivity index (χ3v) is 4.96. The Kier molecular flexibility index (Phi) is 4.55. The van der Waals surface area contributed by atoms with Gasteiger partial charge in [0, 0.05) is 10.8 Å². The van der Waals surface area contributed by atoms with Gasteiger partial charge in [-0.05, 0) is 18.6 Å². The fraction of sp³-hybridized carbons (Fsp3) is 0.200. The molecule has 4 nitrogen and oxygen atoms in total. The number of hydrogen-bond acceptors (Lipinski definition) is 4. The number of rotatable bonds is 2. The molecule has 18 heavy (non-hydrogen) atoms. The van der Waals surface area contributed by atoms with Crippen LogP contribution in [0.5, 0.6) is 0 Å². The summed E-state index contributed by atoms with van der Waals surface area (Å²) in [6.45, 7) is 0. The quantitative estimate of drug-likeness (QED) is 0.823. The maximum absolute atomic E-state index is 11.7. The smallest absolute Gasteiger partial charge is 0.267 e. The molecular formula is C10H8Cl2N2O2S2. The van der Waals surface area contributed by atoms with E-state index in [0.717, 1.165) is 17.1 Å². The number of carbonyl (C=O) groups is 2. The molecule has 0 aliphatic carbocycles. The average molecular weight is 323 g/mol. The zero-order valence-corrected chi connectivity index (χ0v) is 12.1. The summed E-state index contributed by atoms with van der Waals surface area (Å²) < 4.78 is 0.517. The Hall–Kier alpha value is -0.690. The van der Waals surface area contributed by atoms with Gasteiger partial charge in [0.2, 0.25) is 0 Å². The molecule has 2 amide bonds. The van der Waals surface area contributed by atoms with E-state index >= 15 is 0 Å². The Labute approximate surface area is 122 Å². The van der Waals surface area contributed by atoms with Gasteiger partial charge in [0.05, 0.1) is 14.1 Å². The van der Waals surface area contributed by atoms with Gasteiger partial charge in [-0.2, -0.15) is 0 Å². The molecule has 96 valence electrons. The summed E-state index contributed by atoms with van der Waals surface area (Å²) in [6.07, 6.45) is 0.684. The van der Waals surface area contributed by atoms with Crippen LogP contribution in [0.25, 0.3) is 0 Å². The van der Waals surface area contributed by atoms with Crippen molar-refractivity contribution >= 4 is 58.1 Å². The average Bonchev–Trinajstić information content (AvgIpc) is 2.94. The molecule has 0 fully saturated rings. The van der Waals surface area contributed by atoms with Crippen molar-refractivity contribution in [3.8, 4) is 0 Å². The first-order chi connectivity index (χ1) is 8.58. The Bertz CT molecular complexity index is 528. The van der Waals surface area contributed by atoms with Crippen molar-refractivity contribution in [1.29, 1.82) is 0 Å². The molecule has 1 aliphatic rings. The molecule has 0 spiro atoms. The molecule has 0 unspecified atom stereocenters. The monoisotopic (exact) mass is 322 g/mol. The van der Waals surface area contributed by atoms with Crippen molar-refractivity contribution in [2.45, 2.75) is 6.42 Å². The summed E-state index contributed by atoms with van der Waals surface area (Å²) >= 11 is 14.1. The standard InChI is InChI=1S/C10H8Cl2N2O2S2/c11-5-3-4-17-8(5)10(16)14-13-9(15)6-1-2-7(12)18-6/h1-2H,3-4H2,(H,13,15)(H,14,16). The van der Waals surface area contributed by atoms with Gasteiger partial charge in [0.25, 0.3) is 11.8 Å². The second kappa shape index (κ2) is 5.97. The van der Waals surface area contributed by atoms with E-state index in [0.29, 0.717) is 25.6 Å². The van der Waals surface area contributed by atoms with Gasteiger partial charge < -0.3 is 0 Å². The number of thiophene rings is 1. The largest absolute Gasteiger partial charge is 0.279 e. The summed E-state index contributed by atoms with van der Waals surface area (Å²) in [5.74, 6) is -0.00532. The highest BCUT2D eigenvalue weighted by molar-refractivity contribution is 8.04. The minimum Gasteiger partial charge on any atom is -0.267 e. The fourth-order valence-corrected chi connectivity index (χ4v) is 3.64. The SMILES string of the molecule is O=C(NNC(=O)c1ccc(Cl)s1)C1=C(Cl)CCS1. The predicted molar refractivity (Wildman–Crippen MR) is 74.9 cm³/mol. The molecule has 2 heterocycles. The number of hydrogen-bond donors (Lipinski definition) is 2. The Balaban J connectivity index is 1.90. The molecular weight excluding hydrogens is 315 g/mol. The maximum atomic E-state index is 11.7. The first-order valence-corrected chi connectivity index (χ1v) is 7.51. The van der Waals surface area contributed by atoms with Crippen LogP contribution in [0.4, 0.5) is 0 Å². The Morgan fingerprint density at radius 3 is 2.44 bits per heavy atom. The molecule has 0 saturated heterocycles. The van der Waals surface area contributed by atoms with Crippen LogP contribution in [0.1, 0.15) is 16.1 Å². The van der Waals surface area contributed by atoms with Crippen molar-refractivity contribution in [2.24, 2.45) is 0 Å². The predicted octanol–water partition coefficient (Wildman–Crippen LogP) is 2.75. The molecule has 1 aromatic rings. The molecule has 0 atom stereocenters. The number of allylic oxidation sites excluding steroid dienone is 1. The molecule has 8 heteroatoms. The number of hydrazine groups is 1. The lowest BCUT2D eigenvalue weighted by Crippen LogP contribution is -2.41. The highest BCUT2D eigenvalue weighted by Crippen LogP contribution is 2.33. The van der Waals surface area contributed by atoms with E-state index < -0.39 is 11.8 Å². The number of thioether (sulfide) groups is 1. The van der Waals surface area contributed by atoms with E-state index in [4.69, 9.17) is 23.2 Å². The van der Waals surface area contributed by atoms with Gasteiger partial charge in [0.15, 0.2) is 0 Å². The summed E-state index contributed by atoms with van der Waals surface area (Å²) in [5.41, 5.74) is 4.64. The summed E-state index contributed by atoms with van der Waals surface area (Å²) in [6, 6.07) is 3.21. The topological polar surface area (TPSA) is 58.2 Å². The van der Waals surface area contributed by atoms with Crippen LogP contribution < -0.4 is 10.9 Å². The molecule has 2 rings (SSSR count). The summed E-state index contributed by atoms with van der Waals surface area (Å²) in [7, 11) is 0. The minimum absolute atomic E-state index is 0.390. The van der Waals surface area contributed by atoms with Crippen molar-refractivity contribution in [2.75, 3.05) is 5.75 Å². The second-order valence-corrected chi connectivity index (χ2v) is 6.62. The molecule has 0 aromatic carbocycles. The zero-order valence-electron chi connectivity index (χ0n) is 8.96. The molecule has 1 aliphatic heterocycles. The highest BCUT2D eigenvalue weighted by atomic mass is 35.5. The van der Waals surface area contributed by atoms with Crippen LogP contribution in [0, 0.1) is 0 Å². The number of halogens is 2. The van der Waals surface area contributed by atoms with Crippen LogP contribution in [-0.2, 0) is 4.79 Å². The maximum Gasteiger partial charge on any atom is 0.279 e. The Morgan fingerprint density at radius 1 is 1.17 bits per heavy atom. The van der Waals surface area contributed by atoms with E-state index in [-0.39, 0.29) is 0 Å². The normalized spacial score (nSPS) is 14.8. The molecule has 0 saturated carbocycles. The van der Waals surface area contributed by atoms with Crippen LogP contribution in [0.15, 0.2) is 22.1 Å².